The van der Waals surface area contributed by atoms with Crippen LogP contribution in [0.5, 0.6) is 0 Å². The van der Waals surface area contributed by atoms with Crippen LogP contribution in [0.1, 0.15) is 18.3 Å². The van der Waals surface area contributed by atoms with Gasteiger partial charge in [0.1, 0.15) is 5.82 Å². The number of imidazole rings is 1. The highest BCUT2D eigenvalue weighted by Crippen LogP contribution is 2.20. The maximum Gasteiger partial charge on any atom is 0.128 e. The van der Waals surface area contributed by atoms with Crippen LogP contribution in [0.4, 0.5) is 5.69 Å². The molecule has 0 radical (unpaired) electrons. The number of nitrogens with zero attached hydrogens (tertiary/aromatic N) is 2. The van der Waals surface area contributed by atoms with Gasteiger partial charge < -0.3 is 9.88 Å². The zero-order valence-corrected chi connectivity index (χ0v) is 10.8. The average molecular weight is 250 g/mol. The van der Waals surface area contributed by atoms with Crippen molar-refractivity contribution in [2.24, 2.45) is 0 Å². The van der Waals surface area contributed by atoms with Crippen LogP contribution in [0.25, 0.3) is 0 Å². The van der Waals surface area contributed by atoms with Gasteiger partial charge in [-0.1, -0.05) is 17.7 Å². The van der Waals surface area contributed by atoms with Crippen molar-refractivity contribution in [3.63, 3.8) is 0 Å². The first-order valence-electron chi connectivity index (χ1n) is 5.70. The van der Waals surface area contributed by atoms with Gasteiger partial charge in [0.25, 0.3) is 0 Å². The van der Waals surface area contributed by atoms with E-state index in [9.17, 15) is 0 Å². The predicted molar refractivity (Wildman–Crippen MR) is 71.4 cm³/mol. The molecule has 0 amide bonds. The van der Waals surface area contributed by atoms with Gasteiger partial charge in [-0.3, -0.25) is 0 Å². The lowest BCUT2D eigenvalue weighted by Crippen LogP contribution is -2.07. The van der Waals surface area contributed by atoms with Crippen molar-refractivity contribution in [2.75, 3.05) is 5.32 Å². The van der Waals surface area contributed by atoms with E-state index in [1.54, 1.807) is 0 Å². The van der Waals surface area contributed by atoms with Crippen molar-refractivity contribution >= 4 is 17.3 Å². The van der Waals surface area contributed by atoms with Crippen molar-refractivity contribution in [1.82, 2.24) is 9.55 Å². The fourth-order valence-electron chi connectivity index (χ4n) is 1.68. The molecule has 0 bridgehead atoms. The molecule has 0 aliphatic carbocycles. The van der Waals surface area contributed by atoms with Gasteiger partial charge in [0.05, 0.1) is 6.54 Å². The molecule has 0 aliphatic heterocycles. The predicted octanol–water partition coefficient (Wildman–Crippen LogP) is 3.48. The van der Waals surface area contributed by atoms with E-state index in [2.05, 4.69) is 21.8 Å². The summed E-state index contributed by atoms with van der Waals surface area (Å²) in [6.07, 6.45) is 3.81. The van der Waals surface area contributed by atoms with Gasteiger partial charge in [0, 0.05) is 29.6 Å². The first-order chi connectivity index (χ1) is 8.20. The first kappa shape index (κ1) is 12.0. The van der Waals surface area contributed by atoms with E-state index < -0.39 is 0 Å². The van der Waals surface area contributed by atoms with Gasteiger partial charge in [0.15, 0.2) is 0 Å². The smallest absolute Gasteiger partial charge is 0.128 e. The molecule has 0 spiro atoms. The highest BCUT2D eigenvalue weighted by molar-refractivity contribution is 6.31. The van der Waals surface area contributed by atoms with E-state index in [0.717, 1.165) is 28.6 Å². The Kier molecular flexibility index (Phi) is 3.69. The number of aryl methyl sites for hydroxylation is 2. The Morgan fingerprint density at radius 1 is 1.41 bits per heavy atom. The summed E-state index contributed by atoms with van der Waals surface area (Å²) in [6.45, 7) is 5.75. The van der Waals surface area contributed by atoms with Gasteiger partial charge in [-0.25, -0.2) is 4.98 Å². The molecule has 0 fully saturated rings. The van der Waals surface area contributed by atoms with Gasteiger partial charge in [-0.05, 0) is 31.5 Å². The van der Waals surface area contributed by atoms with Crippen LogP contribution >= 0.6 is 11.6 Å². The summed E-state index contributed by atoms with van der Waals surface area (Å²) in [4.78, 5) is 4.31. The van der Waals surface area contributed by atoms with Crippen molar-refractivity contribution < 1.29 is 0 Å². The van der Waals surface area contributed by atoms with E-state index in [1.807, 2.05) is 37.5 Å². The summed E-state index contributed by atoms with van der Waals surface area (Å²) in [6, 6.07) is 5.98. The van der Waals surface area contributed by atoms with Crippen molar-refractivity contribution in [1.29, 1.82) is 0 Å². The molecule has 17 heavy (non-hydrogen) atoms. The van der Waals surface area contributed by atoms with Gasteiger partial charge in [0.2, 0.25) is 0 Å². The Morgan fingerprint density at radius 2 is 2.24 bits per heavy atom. The third-order valence-electron chi connectivity index (χ3n) is 2.76. The molecule has 0 saturated carbocycles. The molecule has 0 saturated heterocycles. The number of aromatic nitrogens is 2. The molecule has 2 rings (SSSR count). The van der Waals surface area contributed by atoms with E-state index in [1.165, 1.54) is 0 Å². The third-order valence-corrected chi connectivity index (χ3v) is 3.17. The monoisotopic (exact) mass is 249 g/mol. The molecule has 1 heterocycles. The average Bonchev–Trinajstić information content (AvgIpc) is 2.78. The number of hydrogen-bond acceptors (Lipinski definition) is 2. The fraction of sp³-hybridized carbons (Fsp3) is 0.308. The number of nitrogens with one attached hydrogen (secondary N) is 1. The second-order valence-corrected chi connectivity index (χ2v) is 4.35. The zero-order valence-electron chi connectivity index (χ0n) is 10.1. The molecule has 4 heteroatoms. The normalized spacial score (nSPS) is 10.5. The lowest BCUT2D eigenvalue weighted by atomic mass is 10.2. The van der Waals surface area contributed by atoms with Gasteiger partial charge in [-0.2, -0.15) is 0 Å². The first-order valence-corrected chi connectivity index (χ1v) is 6.08. The maximum absolute atomic E-state index is 6.07. The summed E-state index contributed by atoms with van der Waals surface area (Å²) in [5.41, 5.74) is 2.11. The van der Waals surface area contributed by atoms with E-state index in [-0.39, 0.29) is 0 Å². The number of halogens is 1. The Labute approximate surface area is 106 Å². The van der Waals surface area contributed by atoms with Crippen LogP contribution in [-0.4, -0.2) is 9.55 Å². The van der Waals surface area contributed by atoms with Gasteiger partial charge in [-0.15, -0.1) is 0 Å². The largest absolute Gasteiger partial charge is 0.378 e. The number of hydrogen-bond donors (Lipinski definition) is 1. The highest BCUT2D eigenvalue weighted by Gasteiger charge is 2.02. The molecule has 1 N–H and O–H groups in total. The van der Waals surface area contributed by atoms with Crippen LogP contribution in [0.3, 0.4) is 0 Å². The van der Waals surface area contributed by atoms with Crippen molar-refractivity contribution in [2.45, 2.75) is 26.9 Å². The molecular formula is C13H16ClN3. The van der Waals surface area contributed by atoms with E-state index >= 15 is 0 Å². The zero-order chi connectivity index (χ0) is 12.3. The molecule has 90 valence electrons. The number of rotatable bonds is 4. The van der Waals surface area contributed by atoms with Crippen LogP contribution < -0.4 is 5.32 Å². The van der Waals surface area contributed by atoms with Crippen molar-refractivity contribution in [3.05, 3.63) is 47.0 Å². The summed E-state index contributed by atoms with van der Waals surface area (Å²) >= 11 is 6.07. The lowest BCUT2D eigenvalue weighted by Gasteiger charge is -2.09. The molecule has 0 unspecified atom stereocenters. The second kappa shape index (κ2) is 5.23. The summed E-state index contributed by atoms with van der Waals surface area (Å²) < 4.78 is 2.11. The molecule has 1 aromatic carbocycles. The molecule has 3 nitrogen and oxygen atoms in total. The molecule has 0 aliphatic rings. The Morgan fingerprint density at radius 3 is 2.94 bits per heavy atom. The Hall–Kier alpha value is -1.48. The van der Waals surface area contributed by atoms with E-state index in [0.29, 0.717) is 6.54 Å². The number of benzene rings is 1. The number of anilines is 1. The Balaban J connectivity index is 2.05. The second-order valence-electron chi connectivity index (χ2n) is 3.95. The minimum Gasteiger partial charge on any atom is -0.378 e. The standard InChI is InChI=1S/C13H16ClN3/c1-3-17-7-6-15-13(17)9-16-11-5-4-10(2)12(14)8-11/h4-8,16H,3,9H2,1-2H3. The van der Waals surface area contributed by atoms with Gasteiger partial charge >= 0.3 is 0 Å². The Bertz CT molecular complexity index is 505. The quantitative estimate of drug-likeness (QED) is 0.899. The summed E-state index contributed by atoms with van der Waals surface area (Å²) in [5.74, 6) is 1.03. The fourth-order valence-corrected chi connectivity index (χ4v) is 1.86. The van der Waals surface area contributed by atoms with Crippen LogP contribution in [-0.2, 0) is 13.1 Å². The van der Waals surface area contributed by atoms with Crippen LogP contribution in [0.2, 0.25) is 5.02 Å². The minimum atomic E-state index is 0.709. The third kappa shape index (κ3) is 2.80. The van der Waals surface area contributed by atoms with Crippen LogP contribution in [0, 0.1) is 6.92 Å². The lowest BCUT2D eigenvalue weighted by molar-refractivity contribution is 0.708. The molecular weight excluding hydrogens is 234 g/mol. The molecule has 0 atom stereocenters. The van der Waals surface area contributed by atoms with Crippen molar-refractivity contribution in [3.8, 4) is 0 Å². The topological polar surface area (TPSA) is 29.9 Å². The summed E-state index contributed by atoms with van der Waals surface area (Å²) in [5, 5.41) is 4.11. The maximum atomic E-state index is 6.07. The van der Waals surface area contributed by atoms with E-state index in [4.69, 9.17) is 11.6 Å². The summed E-state index contributed by atoms with van der Waals surface area (Å²) in [7, 11) is 0. The molecule has 1 aromatic heterocycles. The highest BCUT2D eigenvalue weighted by atomic mass is 35.5. The minimum absolute atomic E-state index is 0.709. The SMILES string of the molecule is CCn1ccnc1CNc1ccc(C)c(Cl)c1. The van der Waals surface area contributed by atoms with Crippen LogP contribution in [0.15, 0.2) is 30.6 Å². The molecule has 2 aromatic rings.